The lowest BCUT2D eigenvalue weighted by molar-refractivity contribution is 0.238. The molecule has 0 bridgehead atoms. The van der Waals surface area contributed by atoms with Crippen LogP contribution in [-0.4, -0.2) is 20.6 Å². The van der Waals surface area contributed by atoms with Crippen LogP contribution in [0.15, 0.2) is 36.4 Å². The first-order valence-electron chi connectivity index (χ1n) is 6.69. The van der Waals surface area contributed by atoms with E-state index in [1.807, 2.05) is 24.3 Å². The number of halogens is 2. The summed E-state index contributed by atoms with van der Waals surface area (Å²) in [4.78, 5) is 0. The number of H-pyrrole nitrogens is 1. The minimum absolute atomic E-state index is 0.115. The molecule has 1 aliphatic heterocycles. The fraction of sp³-hybridized carbons (Fsp3) is 0.133. The van der Waals surface area contributed by atoms with Gasteiger partial charge in [-0.2, -0.15) is 0 Å². The molecule has 1 aliphatic rings. The minimum Gasteiger partial charge on any atom is -0.485 e. The van der Waals surface area contributed by atoms with Gasteiger partial charge in [0.15, 0.2) is 5.82 Å². The molecule has 4 rings (SSSR count). The molecule has 1 N–H and O–H groups in total. The van der Waals surface area contributed by atoms with E-state index in [4.69, 9.17) is 16.3 Å². The van der Waals surface area contributed by atoms with Gasteiger partial charge < -0.3 is 4.74 Å². The van der Waals surface area contributed by atoms with Crippen LogP contribution in [-0.2, 0) is 6.42 Å². The van der Waals surface area contributed by atoms with Crippen molar-refractivity contribution in [3.05, 3.63) is 58.4 Å². The second kappa shape index (κ2) is 5.06. The highest BCUT2D eigenvalue weighted by atomic mass is 35.5. The van der Waals surface area contributed by atoms with Gasteiger partial charge in [0.1, 0.15) is 17.7 Å². The molecule has 22 heavy (non-hydrogen) atoms. The highest BCUT2D eigenvalue weighted by Crippen LogP contribution is 2.39. The molecule has 110 valence electrons. The average Bonchev–Trinajstić information content (AvgIpc) is 3.17. The van der Waals surface area contributed by atoms with Crippen molar-refractivity contribution in [2.24, 2.45) is 0 Å². The lowest BCUT2D eigenvalue weighted by Gasteiger charge is -2.11. The number of aromatic nitrogens is 4. The Balaban J connectivity index is 1.66. The molecular weight excluding hydrogens is 307 g/mol. The molecule has 0 spiro atoms. The van der Waals surface area contributed by atoms with Gasteiger partial charge in [0.25, 0.3) is 0 Å². The van der Waals surface area contributed by atoms with Gasteiger partial charge in [0, 0.05) is 18.1 Å². The van der Waals surface area contributed by atoms with Crippen molar-refractivity contribution in [3.8, 4) is 17.1 Å². The first-order valence-corrected chi connectivity index (χ1v) is 7.07. The van der Waals surface area contributed by atoms with Crippen LogP contribution < -0.4 is 4.74 Å². The number of aromatic amines is 1. The molecule has 7 heteroatoms. The van der Waals surface area contributed by atoms with Crippen LogP contribution in [0.4, 0.5) is 4.39 Å². The first kappa shape index (κ1) is 13.2. The van der Waals surface area contributed by atoms with Crippen LogP contribution in [0.1, 0.15) is 17.2 Å². The molecule has 1 unspecified atom stereocenters. The second-order valence-electron chi connectivity index (χ2n) is 5.06. The molecule has 0 saturated heterocycles. The maximum Gasteiger partial charge on any atom is 0.179 e. The molecule has 2 heterocycles. The Hall–Kier alpha value is -2.47. The Morgan fingerprint density at radius 2 is 2.18 bits per heavy atom. The highest BCUT2D eigenvalue weighted by Gasteiger charge is 2.26. The third-order valence-electron chi connectivity index (χ3n) is 3.66. The topological polar surface area (TPSA) is 63.7 Å². The van der Waals surface area contributed by atoms with Gasteiger partial charge in [-0.15, -0.1) is 5.10 Å². The van der Waals surface area contributed by atoms with Gasteiger partial charge in [-0.3, -0.25) is 0 Å². The Morgan fingerprint density at radius 3 is 3.00 bits per heavy atom. The van der Waals surface area contributed by atoms with Crippen LogP contribution in [0.5, 0.6) is 5.75 Å². The predicted molar refractivity (Wildman–Crippen MR) is 78.1 cm³/mol. The highest BCUT2D eigenvalue weighted by molar-refractivity contribution is 6.30. The minimum atomic E-state index is -0.470. The van der Waals surface area contributed by atoms with Gasteiger partial charge in [-0.05, 0) is 33.7 Å². The zero-order chi connectivity index (χ0) is 15.1. The SMILES string of the molecule is Fc1cc2c(cc1Cl)CC(c1cccc(-c3nnn[nH]3)c1)O2. The molecule has 2 aromatic carbocycles. The van der Waals surface area contributed by atoms with E-state index < -0.39 is 5.82 Å². The number of nitrogens with one attached hydrogen (secondary N) is 1. The number of tetrazole rings is 1. The summed E-state index contributed by atoms with van der Waals surface area (Å²) < 4.78 is 19.4. The van der Waals surface area contributed by atoms with Crippen molar-refractivity contribution in [1.82, 2.24) is 20.6 Å². The number of hydrogen-bond acceptors (Lipinski definition) is 4. The molecule has 0 radical (unpaired) electrons. The number of nitrogens with zero attached hydrogens (tertiary/aromatic N) is 3. The predicted octanol–water partition coefficient (Wildman–Crippen LogP) is 3.34. The third-order valence-corrected chi connectivity index (χ3v) is 3.94. The van der Waals surface area contributed by atoms with Crippen molar-refractivity contribution < 1.29 is 9.13 Å². The van der Waals surface area contributed by atoms with Crippen LogP contribution in [0.3, 0.4) is 0 Å². The lowest BCUT2D eigenvalue weighted by atomic mass is 10.0. The first-order chi connectivity index (χ1) is 10.7. The van der Waals surface area contributed by atoms with Gasteiger partial charge in [0.2, 0.25) is 0 Å². The normalized spacial score (nSPS) is 16.4. The largest absolute Gasteiger partial charge is 0.485 e. The van der Waals surface area contributed by atoms with E-state index in [-0.39, 0.29) is 11.1 Å². The van der Waals surface area contributed by atoms with Crippen LogP contribution in [0.2, 0.25) is 5.02 Å². The van der Waals surface area contributed by atoms with E-state index in [2.05, 4.69) is 20.6 Å². The number of rotatable bonds is 2. The fourth-order valence-electron chi connectivity index (χ4n) is 2.59. The average molecular weight is 317 g/mol. The van der Waals surface area contributed by atoms with E-state index >= 15 is 0 Å². The molecular formula is C15H10ClFN4O. The van der Waals surface area contributed by atoms with Gasteiger partial charge >= 0.3 is 0 Å². The van der Waals surface area contributed by atoms with Crippen molar-refractivity contribution in [2.75, 3.05) is 0 Å². The second-order valence-corrected chi connectivity index (χ2v) is 5.47. The quantitative estimate of drug-likeness (QED) is 0.787. The summed E-state index contributed by atoms with van der Waals surface area (Å²) in [6.45, 7) is 0. The Morgan fingerprint density at radius 1 is 1.27 bits per heavy atom. The van der Waals surface area contributed by atoms with E-state index in [1.165, 1.54) is 6.07 Å². The fourth-order valence-corrected chi connectivity index (χ4v) is 2.77. The monoisotopic (exact) mass is 316 g/mol. The van der Waals surface area contributed by atoms with Crippen molar-refractivity contribution in [2.45, 2.75) is 12.5 Å². The van der Waals surface area contributed by atoms with Gasteiger partial charge in [-0.25, -0.2) is 9.49 Å². The van der Waals surface area contributed by atoms with Gasteiger partial charge in [-0.1, -0.05) is 29.8 Å². The number of hydrogen-bond donors (Lipinski definition) is 1. The summed E-state index contributed by atoms with van der Waals surface area (Å²) in [6, 6.07) is 10.7. The number of ether oxygens (including phenoxy) is 1. The lowest BCUT2D eigenvalue weighted by Crippen LogP contribution is -2.03. The summed E-state index contributed by atoms with van der Waals surface area (Å²) in [7, 11) is 0. The molecule has 0 aliphatic carbocycles. The van der Waals surface area contributed by atoms with E-state index in [0.717, 1.165) is 16.7 Å². The Labute approximate surface area is 130 Å². The summed E-state index contributed by atoms with van der Waals surface area (Å²) in [5.41, 5.74) is 2.75. The smallest absolute Gasteiger partial charge is 0.179 e. The Kier molecular flexibility index (Phi) is 3.04. The molecule has 0 amide bonds. The van der Waals surface area contributed by atoms with E-state index in [0.29, 0.717) is 18.0 Å². The van der Waals surface area contributed by atoms with E-state index in [1.54, 1.807) is 6.07 Å². The van der Waals surface area contributed by atoms with Gasteiger partial charge in [0.05, 0.1) is 5.02 Å². The zero-order valence-corrected chi connectivity index (χ0v) is 12.0. The molecule has 3 aromatic rings. The molecule has 0 fully saturated rings. The number of benzene rings is 2. The molecule has 1 atom stereocenters. The van der Waals surface area contributed by atoms with E-state index in [9.17, 15) is 4.39 Å². The summed E-state index contributed by atoms with van der Waals surface area (Å²) in [6.07, 6.45) is 0.469. The number of fused-ring (bicyclic) bond motifs is 1. The standard InChI is InChI=1S/C15H10ClFN4O/c16-11-5-10-6-13(22-14(10)7-12(11)17)8-2-1-3-9(4-8)15-18-20-21-19-15/h1-5,7,13H,6H2,(H,18,19,20,21). The maximum absolute atomic E-state index is 13.5. The third kappa shape index (κ3) is 2.21. The van der Waals surface area contributed by atoms with Crippen molar-refractivity contribution in [1.29, 1.82) is 0 Å². The van der Waals surface area contributed by atoms with Crippen LogP contribution in [0.25, 0.3) is 11.4 Å². The Bertz CT molecular complexity index is 807. The molecule has 0 saturated carbocycles. The zero-order valence-electron chi connectivity index (χ0n) is 11.3. The maximum atomic E-state index is 13.5. The summed E-state index contributed by atoms with van der Waals surface area (Å²) >= 11 is 5.82. The van der Waals surface area contributed by atoms with Crippen molar-refractivity contribution >= 4 is 11.6 Å². The summed E-state index contributed by atoms with van der Waals surface area (Å²) in [5.74, 6) is 0.660. The van der Waals surface area contributed by atoms with Crippen LogP contribution in [0, 0.1) is 5.82 Å². The summed E-state index contributed by atoms with van der Waals surface area (Å²) in [5, 5.41) is 13.9. The van der Waals surface area contributed by atoms with Crippen LogP contribution >= 0.6 is 11.6 Å². The van der Waals surface area contributed by atoms with Crippen molar-refractivity contribution in [3.63, 3.8) is 0 Å². The molecule has 1 aromatic heterocycles. The molecule has 5 nitrogen and oxygen atoms in total.